The van der Waals surface area contributed by atoms with Gasteiger partial charge in [-0.1, -0.05) is 30.3 Å². The third kappa shape index (κ3) is 4.84. The number of para-hydroxylation sites is 1. The molecule has 1 aliphatic heterocycles. The summed E-state index contributed by atoms with van der Waals surface area (Å²) in [6, 6.07) is 15.4. The number of anilines is 1. The van der Waals surface area contributed by atoms with Crippen molar-refractivity contribution in [2.75, 3.05) is 24.8 Å². The average Bonchev–Trinajstić information content (AvgIpc) is 3.15. The normalized spacial score (nSPS) is 16.8. The fourth-order valence-electron chi connectivity index (χ4n) is 2.85. The molecular weight excluding hydrogens is 334 g/mol. The van der Waals surface area contributed by atoms with E-state index in [2.05, 4.69) is 5.32 Å². The van der Waals surface area contributed by atoms with Crippen LogP contribution >= 0.6 is 11.8 Å². The highest BCUT2D eigenvalue weighted by Gasteiger charge is 2.18. The second-order valence-corrected chi connectivity index (χ2v) is 7.05. The van der Waals surface area contributed by atoms with Gasteiger partial charge in [0.1, 0.15) is 0 Å². The largest absolute Gasteiger partial charge is 0.380 e. The van der Waals surface area contributed by atoms with Gasteiger partial charge in [0.05, 0.1) is 18.3 Å². The number of methoxy groups -OCH3 is 1. The van der Waals surface area contributed by atoms with Crippen LogP contribution in [0.3, 0.4) is 0 Å². The van der Waals surface area contributed by atoms with Crippen LogP contribution in [0.2, 0.25) is 0 Å². The lowest BCUT2D eigenvalue weighted by molar-refractivity contribution is 0.102. The predicted molar refractivity (Wildman–Crippen MR) is 101 cm³/mol. The number of amides is 1. The number of benzene rings is 2. The van der Waals surface area contributed by atoms with Crippen LogP contribution in [0.4, 0.5) is 5.69 Å². The van der Waals surface area contributed by atoms with Gasteiger partial charge in [-0.3, -0.25) is 4.79 Å². The van der Waals surface area contributed by atoms with Gasteiger partial charge in [0.15, 0.2) is 0 Å². The third-order valence-electron chi connectivity index (χ3n) is 4.15. The van der Waals surface area contributed by atoms with Crippen LogP contribution in [-0.2, 0) is 16.1 Å². The number of hydrogen-bond acceptors (Lipinski definition) is 4. The van der Waals surface area contributed by atoms with Crippen LogP contribution in [-0.4, -0.2) is 31.5 Å². The Balaban J connectivity index is 1.71. The topological polar surface area (TPSA) is 47.6 Å². The fourth-order valence-corrected chi connectivity index (χ4v) is 3.97. The molecule has 0 saturated carbocycles. The Kier molecular flexibility index (Phi) is 6.50. The van der Waals surface area contributed by atoms with Gasteiger partial charge in [0, 0.05) is 35.6 Å². The van der Waals surface area contributed by atoms with E-state index in [1.807, 2.05) is 48.5 Å². The van der Waals surface area contributed by atoms with Gasteiger partial charge in [0.25, 0.3) is 5.91 Å². The Morgan fingerprint density at radius 3 is 2.84 bits per heavy atom. The number of carbonyl (C=O) groups is 1. The quantitative estimate of drug-likeness (QED) is 0.748. The molecule has 0 aliphatic carbocycles. The fraction of sp³-hybridized carbons (Fsp3) is 0.350. The first-order valence-electron chi connectivity index (χ1n) is 8.49. The lowest BCUT2D eigenvalue weighted by atomic mass is 10.1. The highest BCUT2D eigenvalue weighted by atomic mass is 32.2. The Hall–Kier alpha value is -1.82. The van der Waals surface area contributed by atoms with Crippen LogP contribution in [0, 0.1) is 0 Å². The summed E-state index contributed by atoms with van der Waals surface area (Å²) in [5.74, 6) is 0.781. The summed E-state index contributed by atoms with van der Waals surface area (Å²) in [5, 5.41) is 3.02. The summed E-state index contributed by atoms with van der Waals surface area (Å²) in [6.45, 7) is 1.31. The van der Waals surface area contributed by atoms with Crippen molar-refractivity contribution < 1.29 is 14.3 Å². The van der Waals surface area contributed by atoms with E-state index in [4.69, 9.17) is 9.47 Å². The maximum Gasteiger partial charge on any atom is 0.256 e. The lowest BCUT2D eigenvalue weighted by Gasteiger charge is -2.14. The molecule has 0 bridgehead atoms. The molecule has 0 spiro atoms. The van der Waals surface area contributed by atoms with Gasteiger partial charge in [-0.2, -0.15) is 0 Å². The second kappa shape index (κ2) is 9.04. The zero-order valence-electron chi connectivity index (χ0n) is 14.4. The number of hydrogen-bond donors (Lipinski definition) is 1. The predicted octanol–water partition coefficient (Wildman–Crippen LogP) is 4.36. The van der Waals surface area contributed by atoms with Crippen LogP contribution in [0.1, 0.15) is 28.8 Å². The molecule has 5 heteroatoms. The maximum absolute atomic E-state index is 12.8. The Morgan fingerprint density at radius 2 is 2.04 bits per heavy atom. The Labute approximate surface area is 152 Å². The third-order valence-corrected chi connectivity index (χ3v) is 5.35. The number of ether oxygens (including phenoxy) is 2. The van der Waals surface area contributed by atoms with E-state index in [0.717, 1.165) is 41.3 Å². The van der Waals surface area contributed by atoms with Crippen molar-refractivity contribution in [2.24, 2.45) is 0 Å². The molecule has 1 saturated heterocycles. The van der Waals surface area contributed by atoms with Crippen molar-refractivity contribution in [2.45, 2.75) is 30.4 Å². The maximum atomic E-state index is 12.8. The van der Waals surface area contributed by atoms with Crippen molar-refractivity contribution >= 4 is 23.4 Å². The Bertz CT molecular complexity index is 714. The zero-order chi connectivity index (χ0) is 17.5. The molecular formula is C20H23NO3S. The number of carbonyl (C=O) groups excluding carboxylic acids is 1. The van der Waals surface area contributed by atoms with Gasteiger partial charge in [-0.25, -0.2) is 0 Å². The lowest BCUT2D eigenvalue weighted by Crippen LogP contribution is -2.15. The van der Waals surface area contributed by atoms with Crippen LogP contribution in [0.5, 0.6) is 0 Å². The van der Waals surface area contributed by atoms with Gasteiger partial charge in [-0.05, 0) is 31.0 Å². The summed E-state index contributed by atoms with van der Waals surface area (Å²) < 4.78 is 10.9. The number of thioether (sulfide) groups is 1. The monoisotopic (exact) mass is 357 g/mol. The van der Waals surface area contributed by atoms with Gasteiger partial charge >= 0.3 is 0 Å². The standard InChI is InChI=1S/C20H23NO3S/c1-23-13-15-7-2-4-10-18(15)21-20(22)17-9-3-5-11-19(17)25-14-16-8-6-12-24-16/h2-5,7,9-11,16H,6,8,12-14H2,1H3,(H,21,22). The van der Waals surface area contributed by atoms with Crippen molar-refractivity contribution in [1.29, 1.82) is 0 Å². The minimum Gasteiger partial charge on any atom is -0.380 e. The van der Waals surface area contributed by atoms with Gasteiger partial charge < -0.3 is 14.8 Å². The molecule has 132 valence electrons. The SMILES string of the molecule is COCc1ccccc1NC(=O)c1ccccc1SCC1CCCO1. The summed E-state index contributed by atoms with van der Waals surface area (Å²) in [6.07, 6.45) is 2.53. The molecule has 4 nitrogen and oxygen atoms in total. The van der Waals surface area contributed by atoms with Crippen molar-refractivity contribution in [1.82, 2.24) is 0 Å². The van der Waals surface area contributed by atoms with Gasteiger partial charge in [0.2, 0.25) is 0 Å². The van der Waals surface area contributed by atoms with E-state index in [9.17, 15) is 4.79 Å². The van der Waals surface area contributed by atoms with E-state index in [0.29, 0.717) is 18.3 Å². The zero-order valence-corrected chi connectivity index (χ0v) is 15.2. The van der Waals surface area contributed by atoms with E-state index < -0.39 is 0 Å². The first-order valence-corrected chi connectivity index (χ1v) is 9.48. The molecule has 2 aromatic carbocycles. The minimum atomic E-state index is -0.0982. The smallest absolute Gasteiger partial charge is 0.256 e. The molecule has 25 heavy (non-hydrogen) atoms. The summed E-state index contributed by atoms with van der Waals surface area (Å²) in [7, 11) is 1.65. The molecule has 0 radical (unpaired) electrons. The summed E-state index contributed by atoms with van der Waals surface area (Å²) >= 11 is 1.69. The first kappa shape index (κ1) is 18.0. The van der Waals surface area contributed by atoms with Crippen molar-refractivity contribution in [3.05, 3.63) is 59.7 Å². The molecule has 1 aliphatic rings. The van der Waals surface area contributed by atoms with E-state index in [1.165, 1.54) is 0 Å². The molecule has 1 heterocycles. The molecule has 1 fully saturated rings. The highest BCUT2D eigenvalue weighted by molar-refractivity contribution is 7.99. The minimum absolute atomic E-state index is 0.0982. The first-order chi connectivity index (χ1) is 12.3. The molecule has 0 aromatic heterocycles. The molecule has 3 rings (SSSR count). The van der Waals surface area contributed by atoms with Crippen molar-refractivity contribution in [3.8, 4) is 0 Å². The Morgan fingerprint density at radius 1 is 1.24 bits per heavy atom. The van der Waals surface area contributed by atoms with Crippen LogP contribution < -0.4 is 5.32 Å². The molecule has 2 aromatic rings. The van der Waals surface area contributed by atoms with Crippen molar-refractivity contribution in [3.63, 3.8) is 0 Å². The summed E-state index contributed by atoms with van der Waals surface area (Å²) in [5.41, 5.74) is 2.44. The number of nitrogens with one attached hydrogen (secondary N) is 1. The van der Waals surface area contributed by atoms with E-state index >= 15 is 0 Å². The summed E-state index contributed by atoms with van der Waals surface area (Å²) in [4.78, 5) is 13.8. The van der Waals surface area contributed by atoms with Crippen LogP contribution in [0.25, 0.3) is 0 Å². The molecule has 1 amide bonds. The van der Waals surface area contributed by atoms with Gasteiger partial charge in [-0.15, -0.1) is 11.8 Å². The molecule has 1 atom stereocenters. The van der Waals surface area contributed by atoms with E-state index in [-0.39, 0.29) is 5.91 Å². The molecule has 1 N–H and O–H groups in total. The van der Waals surface area contributed by atoms with E-state index in [1.54, 1.807) is 18.9 Å². The van der Waals surface area contributed by atoms with Crippen LogP contribution in [0.15, 0.2) is 53.4 Å². The highest BCUT2D eigenvalue weighted by Crippen LogP contribution is 2.27. The number of rotatable bonds is 7. The average molecular weight is 357 g/mol. The molecule has 1 unspecified atom stereocenters. The second-order valence-electron chi connectivity index (χ2n) is 5.99.